The van der Waals surface area contributed by atoms with E-state index in [1.165, 1.54) is 10.9 Å². The number of aromatic nitrogens is 5. The van der Waals surface area contributed by atoms with Crippen LogP contribution in [0.15, 0.2) is 35.8 Å². The molecule has 3 aromatic rings. The Balaban J connectivity index is 2.27. The molecule has 0 atom stereocenters. The van der Waals surface area contributed by atoms with E-state index in [1.807, 2.05) is 6.07 Å². The third kappa shape index (κ3) is 1.50. The smallest absolute Gasteiger partial charge is 0.294 e. The summed E-state index contributed by atoms with van der Waals surface area (Å²) < 4.78 is 1.52. The van der Waals surface area contributed by atoms with Crippen molar-refractivity contribution >= 4 is 11.2 Å². The molecule has 0 saturated heterocycles. The van der Waals surface area contributed by atoms with Crippen molar-refractivity contribution in [1.29, 1.82) is 0 Å². The number of rotatable bonds is 1. The second-order valence-corrected chi connectivity index (χ2v) is 3.71. The van der Waals surface area contributed by atoms with Crippen LogP contribution in [0.25, 0.3) is 22.3 Å². The molecule has 0 bridgehead atoms. The van der Waals surface area contributed by atoms with Gasteiger partial charge in [-0.2, -0.15) is 0 Å². The predicted molar refractivity (Wildman–Crippen MR) is 62.4 cm³/mol. The van der Waals surface area contributed by atoms with Crippen LogP contribution in [0.5, 0.6) is 0 Å². The summed E-state index contributed by atoms with van der Waals surface area (Å²) in [7, 11) is 1.70. The first-order chi connectivity index (χ1) is 8.25. The first kappa shape index (κ1) is 9.71. The van der Waals surface area contributed by atoms with Crippen molar-refractivity contribution in [3.8, 4) is 11.1 Å². The molecule has 0 aliphatic heterocycles. The summed E-state index contributed by atoms with van der Waals surface area (Å²) in [5, 5.41) is 0. The maximum Gasteiger partial charge on any atom is 0.327 e. The lowest BCUT2D eigenvalue weighted by Gasteiger charge is -2.00. The molecule has 6 heteroatoms. The number of nitrogens with zero attached hydrogens (tertiary/aromatic N) is 4. The fourth-order valence-corrected chi connectivity index (χ4v) is 1.71. The molecule has 1 N–H and O–H groups in total. The van der Waals surface area contributed by atoms with E-state index in [9.17, 15) is 4.79 Å². The molecule has 0 aromatic carbocycles. The molecule has 0 spiro atoms. The van der Waals surface area contributed by atoms with Crippen LogP contribution in [-0.4, -0.2) is 24.5 Å². The Morgan fingerprint density at radius 2 is 1.94 bits per heavy atom. The quantitative estimate of drug-likeness (QED) is 0.664. The lowest BCUT2D eigenvalue weighted by Crippen LogP contribution is -2.11. The molecule has 3 aromatic heterocycles. The molecule has 0 amide bonds. The van der Waals surface area contributed by atoms with Crippen LogP contribution in [0.2, 0.25) is 0 Å². The Bertz CT molecular complexity index is 728. The van der Waals surface area contributed by atoms with Gasteiger partial charge in [0.2, 0.25) is 0 Å². The largest absolute Gasteiger partial charge is 0.327 e. The standard InChI is InChI=1S/C11H9N5O/c1-16-9-2-7(8-3-12-6-13-4-8)5-14-10(9)15-11(16)17/h2-6H,1H3,(H,14,15,17). The van der Waals surface area contributed by atoms with Gasteiger partial charge in [0.15, 0.2) is 5.65 Å². The first-order valence-corrected chi connectivity index (χ1v) is 5.06. The summed E-state index contributed by atoms with van der Waals surface area (Å²) in [6, 6.07) is 1.89. The minimum atomic E-state index is -0.172. The topological polar surface area (TPSA) is 76.5 Å². The molecule has 6 nitrogen and oxygen atoms in total. The maximum absolute atomic E-state index is 11.4. The van der Waals surface area contributed by atoms with Gasteiger partial charge in [-0.05, 0) is 6.07 Å². The highest BCUT2D eigenvalue weighted by molar-refractivity contribution is 5.77. The van der Waals surface area contributed by atoms with E-state index in [1.54, 1.807) is 25.6 Å². The van der Waals surface area contributed by atoms with Crippen LogP contribution in [0.1, 0.15) is 0 Å². The molecule has 0 saturated carbocycles. The average Bonchev–Trinajstić information content (AvgIpc) is 2.66. The van der Waals surface area contributed by atoms with Gasteiger partial charge in [0.05, 0.1) is 5.52 Å². The van der Waals surface area contributed by atoms with Crippen molar-refractivity contribution in [2.24, 2.45) is 7.05 Å². The van der Waals surface area contributed by atoms with E-state index in [0.717, 1.165) is 16.6 Å². The molecule has 0 radical (unpaired) electrons. The number of H-pyrrole nitrogens is 1. The van der Waals surface area contributed by atoms with E-state index < -0.39 is 0 Å². The minimum absolute atomic E-state index is 0.172. The Hall–Kier alpha value is -2.50. The first-order valence-electron chi connectivity index (χ1n) is 5.06. The van der Waals surface area contributed by atoms with Gasteiger partial charge in [0.25, 0.3) is 0 Å². The van der Waals surface area contributed by atoms with Gasteiger partial charge in [-0.3, -0.25) is 9.55 Å². The van der Waals surface area contributed by atoms with Crippen molar-refractivity contribution in [2.45, 2.75) is 0 Å². The van der Waals surface area contributed by atoms with E-state index in [4.69, 9.17) is 0 Å². The monoisotopic (exact) mass is 227 g/mol. The van der Waals surface area contributed by atoms with Crippen LogP contribution in [0.4, 0.5) is 0 Å². The third-order valence-electron chi connectivity index (χ3n) is 2.65. The Labute approximate surface area is 96.0 Å². The lowest BCUT2D eigenvalue weighted by molar-refractivity contribution is 0.891. The fraction of sp³-hybridized carbons (Fsp3) is 0.0909. The van der Waals surface area contributed by atoms with Crippen LogP contribution in [0.3, 0.4) is 0 Å². The second-order valence-electron chi connectivity index (χ2n) is 3.71. The SMILES string of the molecule is Cn1c(=O)[nH]c2ncc(-c3cncnc3)cc21. The van der Waals surface area contributed by atoms with E-state index >= 15 is 0 Å². The van der Waals surface area contributed by atoms with Crippen molar-refractivity contribution in [3.63, 3.8) is 0 Å². The summed E-state index contributed by atoms with van der Waals surface area (Å²) in [5.41, 5.74) is 2.92. The summed E-state index contributed by atoms with van der Waals surface area (Å²) in [6.45, 7) is 0. The van der Waals surface area contributed by atoms with Crippen LogP contribution in [-0.2, 0) is 7.05 Å². The normalized spacial score (nSPS) is 10.9. The summed E-state index contributed by atoms with van der Waals surface area (Å²) in [5.74, 6) is 0. The highest BCUT2D eigenvalue weighted by Gasteiger charge is 2.06. The Morgan fingerprint density at radius 3 is 2.71 bits per heavy atom. The van der Waals surface area contributed by atoms with E-state index in [2.05, 4.69) is 19.9 Å². The molecule has 0 aliphatic carbocycles. The molecule has 84 valence electrons. The van der Waals surface area contributed by atoms with Gasteiger partial charge < -0.3 is 0 Å². The second kappa shape index (κ2) is 3.51. The van der Waals surface area contributed by atoms with Gasteiger partial charge in [-0.1, -0.05) is 0 Å². The fourth-order valence-electron chi connectivity index (χ4n) is 1.71. The number of aromatic amines is 1. The van der Waals surface area contributed by atoms with Gasteiger partial charge in [0, 0.05) is 36.8 Å². The van der Waals surface area contributed by atoms with Gasteiger partial charge in [0.1, 0.15) is 6.33 Å². The molecule has 0 aliphatic rings. The minimum Gasteiger partial charge on any atom is -0.294 e. The number of fused-ring (bicyclic) bond motifs is 1. The molecular weight excluding hydrogens is 218 g/mol. The molecular formula is C11H9N5O. The van der Waals surface area contributed by atoms with Gasteiger partial charge in [-0.15, -0.1) is 0 Å². The average molecular weight is 227 g/mol. The highest BCUT2D eigenvalue weighted by atomic mass is 16.1. The Morgan fingerprint density at radius 1 is 1.18 bits per heavy atom. The number of nitrogens with one attached hydrogen (secondary N) is 1. The lowest BCUT2D eigenvalue weighted by atomic mass is 10.1. The predicted octanol–water partition coefficient (Wildman–Crippen LogP) is 0.719. The number of hydrogen-bond acceptors (Lipinski definition) is 4. The number of aryl methyl sites for hydroxylation is 1. The Kier molecular flexibility index (Phi) is 2.01. The van der Waals surface area contributed by atoms with Crippen molar-refractivity contribution in [1.82, 2.24) is 24.5 Å². The van der Waals surface area contributed by atoms with Crippen molar-refractivity contribution < 1.29 is 0 Å². The van der Waals surface area contributed by atoms with Crippen LogP contribution in [0, 0.1) is 0 Å². The number of pyridine rings is 1. The zero-order valence-corrected chi connectivity index (χ0v) is 9.08. The molecule has 0 unspecified atom stereocenters. The number of imidazole rings is 1. The summed E-state index contributed by atoms with van der Waals surface area (Å²) >= 11 is 0. The molecule has 3 heterocycles. The number of hydrogen-bond donors (Lipinski definition) is 1. The summed E-state index contributed by atoms with van der Waals surface area (Å²) in [4.78, 5) is 26.2. The molecule has 3 rings (SSSR count). The molecule has 0 fully saturated rings. The third-order valence-corrected chi connectivity index (χ3v) is 2.65. The van der Waals surface area contributed by atoms with Gasteiger partial charge in [-0.25, -0.2) is 19.7 Å². The van der Waals surface area contributed by atoms with Crippen LogP contribution < -0.4 is 5.69 Å². The van der Waals surface area contributed by atoms with Gasteiger partial charge >= 0.3 is 5.69 Å². The zero-order valence-electron chi connectivity index (χ0n) is 9.08. The maximum atomic E-state index is 11.4. The van der Waals surface area contributed by atoms with E-state index in [0.29, 0.717) is 5.65 Å². The van der Waals surface area contributed by atoms with E-state index in [-0.39, 0.29) is 5.69 Å². The van der Waals surface area contributed by atoms with Crippen molar-refractivity contribution in [3.05, 3.63) is 41.5 Å². The zero-order chi connectivity index (χ0) is 11.8. The molecule has 17 heavy (non-hydrogen) atoms. The van der Waals surface area contributed by atoms with Crippen molar-refractivity contribution in [2.75, 3.05) is 0 Å². The summed E-state index contributed by atoms with van der Waals surface area (Å²) in [6.07, 6.45) is 6.58. The highest BCUT2D eigenvalue weighted by Crippen LogP contribution is 2.19. The van der Waals surface area contributed by atoms with Crippen LogP contribution >= 0.6 is 0 Å².